The highest BCUT2D eigenvalue weighted by molar-refractivity contribution is 5.94. The summed E-state index contributed by atoms with van der Waals surface area (Å²) in [6.07, 6.45) is 1.96. The standard InChI is InChI=1S/C19H22N4O2/c1-14-6-4-7-15(12-14)23-18(19(24)20-9-11-25-3)13-16(21-23)17-8-5-10-22(17)2/h4-8,10,12-13H,9,11H2,1-3H3,(H,20,24). The van der Waals surface area contributed by atoms with Gasteiger partial charge in [0.2, 0.25) is 0 Å². The van der Waals surface area contributed by atoms with Crippen LogP contribution in [0.5, 0.6) is 0 Å². The predicted octanol–water partition coefficient (Wildman–Crippen LogP) is 2.56. The molecule has 0 aliphatic heterocycles. The van der Waals surface area contributed by atoms with Crippen LogP contribution in [0.15, 0.2) is 48.7 Å². The lowest BCUT2D eigenvalue weighted by atomic mass is 10.2. The van der Waals surface area contributed by atoms with Gasteiger partial charge in [0.05, 0.1) is 18.0 Å². The second-order valence-corrected chi connectivity index (χ2v) is 5.92. The summed E-state index contributed by atoms with van der Waals surface area (Å²) in [5, 5.41) is 7.54. The third-order valence-corrected chi connectivity index (χ3v) is 3.99. The van der Waals surface area contributed by atoms with Crippen LogP contribution in [0.25, 0.3) is 17.1 Å². The highest BCUT2D eigenvalue weighted by Crippen LogP contribution is 2.22. The molecule has 6 heteroatoms. The number of hydrogen-bond donors (Lipinski definition) is 1. The molecule has 6 nitrogen and oxygen atoms in total. The molecular formula is C19H22N4O2. The van der Waals surface area contributed by atoms with Gasteiger partial charge in [0.25, 0.3) is 5.91 Å². The minimum absolute atomic E-state index is 0.175. The molecule has 1 aromatic carbocycles. The van der Waals surface area contributed by atoms with E-state index in [1.165, 1.54) is 0 Å². The summed E-state index contributed by atoms with van der Waals surface area (Å²) in [7, 11) is 3.57. The summed E-state index contributed by atoms with van der Waals surface area (Å²) in [4.78, 5) is 12.6. The van der Waals surface area contributed by atoms with Crippen molar-refractivity contribution in [2.75, 3.05) is 20.3 Å². The van der Waals surface area contributed by atoms with Crippen molar-refractivity contribution < 1.29 is 9.53 Å². The summed E-state index contributed by atoms with van der Waals surface area (Å²) in [5.74, 6) is -0.175. The maximum Gasteiger partial charge on any atom is 0.270 e. The average molecular weight is 338 g/mol. The van der Waals surface area contributed by atoms with Crippen LogP contribution in [0.1, 0.15) is 16.1 Å². The molecule has 0 spiro atoms. The Morgan fingerprint density at radius 1 is 1.24 bits per heavy atom. The van der Waals surface area contributed by atoms with Crippen LogP contribution in [-0.4, -0.2) is 40.5 Å². The van der Waals surface area contributed by atoms with Crippen molar-refractivity contribution in [1.82, 2.24) is 19.7 Å². The first-order valence-electron chi connectivity index (χ1n) is 8.16. The number of nitrogens with zero attached hydrogens (tertiary/aromatic N) is 3. The van der Waals surface area contributed by atoms with Crippen LogP contribution in [0.2, 0.25) is 0 Å². The quantitative estimate of drug-likeness (QED) is 0.703. The van der Waals surface area contributed by atoms with Gasteiger partial charge in [0, 0.05) is 26.9 Å². The highest BCUT2D eigenvalue weighted by Gasteiger charge is 2.18. The van der Waals surface area contributed by atoms with E-state index in [2.05, 4.69) is 10.4 Å². The van der Waals surface area contributed by atoms with Gasteiger partial charge in [0.15, 0.2) is 0 Å². The molecule has 3 aromatic rings. The van der Waals surface area contributed by atoms with Gasteiger partial charge in [0.1, 0.15) is 11.4 Å². The van der Waals surface area contributed by atoms with E-state index in [1.807, 2.05) is 67.2 Å². The predicted molar refractivity (Wildman–Crippen MR) is 96.9 cm³/mol. The Morgan fingerprint density at radius 3 is 2.76 bits per heavy atom. The Hall–Kier alpha value is -2.86. The van der Waals surface area contributed by atoms with E-state index in [1.54, 1.807) is 11.8 Å². The van der Waals surface area contributed by atoms with Gasteiger partial charge in [-0.1, -0.05) is 12.1 Å². The van der Waals surface area contributed by atoms with Crippen molar-refractivity contribution >= 4 is 5.91 Å². The second kappa shape index (κ2) is 7.36. The Labute approximate surface area is 147 Å². The minimum atomic E-state index is -0.175. The zero-order chi connectivity index (χ0) is 17.8. The monoisotopic (exact) mass is 338 g/mol. The number of carbonyl (C=O) groups excluding carboxylic acids is 1. The minimum Gasteiger partial charge on any atom is -0.383 e. The van der Waals surface area contributed by atoms with Crippen LogP contribution >= 0.6 is 0 Å². The van der Waals surface area contributed by atoms with Crippen molar-refractivity contribution in [3.63, 3.8) is 0 Å². The molecule has 3 rings (SSSR count). The highest BCUT2D eigenvalue weighted by atomic mass is 16.5. The van der Waals surface area contributed by atoms with Crippen molar-refractivity contribution in [3.8, 4) is 17.1 Å². The largest absolute Gasteiger partial charge is 0.383 e. The lowest BCUT2D eigenvalue weighted by molar-refractivity contribution is 0.0929. The molecule has 0 bridgehead atoms. The SMILES string of the molecule is COCCNC(=O)c1cc(-c2cccn2C)nn1-c1cccc(C)c1. The Morgan fingerprint density at radius 2 is 2.08 bits per heavy atom. The van der Waals surface area contributed by atoms with Gasteiger partial charge in [-0.3, -0.25) is 4.79 Å². The molecule has 130 valence electrons. The Kier molecular flexibility index (Phi) is 5.00. The topological polar surface area (TPSA) is 61.1 Å². The molecule has 0 unspecified atom stereocenters. The average Bonchev–Trinajstić information content (AvgIpc) is 3.21. The van der Waals surface area contributed by atoms with Gasteiger partial charge in [-0.05, 0) is 42.8 Å². The number of benzene rings is 1. The first-order valence-corrected chi connectivity index (χ1v) is 8.16. The molecule has 1 N–H and O–H groups in total. The third kappa shape index (κ3) is 3.64. The molecule has 25 heavy (non-hydrogen) atoms. The first kappa shape index (κ1) is 17.0. The zero-order valence-corrected chi connectivity index (χ0v) is 14.7. The molecule has 0 aliphatic carbocycles. The number of nitrogens with one attached hydrogen (secondary N) is 1. The maximum atomic E-state index is 12.6. The van der Waals surface area contributed by atoms with E-state index >= 15 is 0 Å². The Balaban J connectivity index is 2.03. The number of aromatic nitrogens is 3. The van der Waals surface area contributed by atoms with Crippen LogP contribution in [0.4, 0.5) is 0 Å². The van der Waals surface area contributed by atoms with Crippen molar-refractivity contribution in [2.45, 2.75) is 6.92 Å². The van der Waals surface area contributed by atoms with E-state index in [-0.39, 0.29) is 5.91 Å². The molecule has 1 amide bonds. The van der Waals surface area contributed by atoms with Crippen LogP contribution in [-0.2, 0) is 11.8 Å². The molecule has 0 fully saturated rings. The van der Waals surface area contributed by atoms with Gasteiger partial charge in [-0.25, -0.2) is 4.68 Å². The fraction of sp³-hybridized carbons (Fsp3) is 0.263. The number of aryl methyl sites for hydroxylation is 2. The van der Waals surface area contributed by atoms with E-state index in [9.17, 15) is 4.79 Å². The first-order chi connectivity index (χ1) is 12.1. The van der Waals surface area contributed by atoms with Crippen molar-refractivity contribution in [2.24, 2.45) is 7.05 Å². The number of rotatable bonds is 6. The molecule has 2 heterocycles. The normalized spacial score (nSPS) is 10.8. The molecule has 0 saturated heterocycles. The number of methoxy groups -OCH3 is 1. The van der Waals surface area contributed by atoms with Crippen LogP contribution in [0, 0.1) is 6.92 Å². The Bertz CT molecular complexity index is 879. The maximum absolute atomic E-state index is 12.6. The van der Waals surface area contributed by atoms with Gasteiger partial charge in [-0.2, -0.15) is 5.10 Å². The summed E-state index contributed by atoms with van der Waals surface area (Å²) >= 11 is 0. The molecule has 0 aliphatic rings. The number of hydrogen-bond acceptors (Lipinski definition) is 3. The molecule has 2 aromatic heterocycles. The summed E-state index contributed by atoms with van der Waals surface area (Å²) in [6, 6.07) is 13.7. The summed E-state index contributed by atoms with van der Waals surface area (Å²) in [5.41, 5.74) is 4.18. The van der Waals surface area contributed by atoms with Crippen molar-refractivity contribution in [1.29, 1.82) is 0 Å². The summed E-state index contributed by atoms with van der Waals surface area (Å²) in [6.45, 7) is 2.94. The van der Waals surface area contributed by atoms with Gasteiger partial charge < -0.3 is 14.6 Å². The molecule has 0 saturated carbocycles. The van der Waals surface area contributed by atoms with Gasteiger partial charge >= 0.3 is 0 Å². The van der Waals surface area contributed by atoms with Gasteiger partial charge in [-0.15, -0.1) is 0 Å². The number of amides is 1. The molecular weight excluding hydrogens is 316 g/mol. The van der Waals surface area contributed by atoms with E-state index in [0.29, 0.717) is 18.8 Å². The molecule has 0 atom stereocenters. The zero-order valence-electron chi connectivity index (χ0n) is 14.7. The van der Waals surface area contributed by atoms with Crippen LogP contribution in [0.3, 0.4) is 0 Å². The van der Waals surface area contributed by atoms with Crippen molar-refractivity contribution in [3.05, 3.63) is 59.9 Å². The molecule has 0 radical (unpaired) electrons. The fourth-order valence-corrected chi connectivity index (χ4v) is 2.71. The summed E-state index contributed by atoms with van der Waals surface area (Å²) < 4.78 is 8.67. The number of carbonyl (C=O) groups is 1. The third-order valence-electron chi connectivity index (χ3n) is 3.99. The van der Waals surface area contributed by atoms with E-state index in [0.717, 1.165) is 22.6 Å². The smallest absolute Gasteiger partial charge is 0.270 e. The number of ether oxygens (including phenoxy) is 1. The fourth-order valence-electron chi connectivity index (χ4n) is 2.71. The van der Waals surface area contributed by atoms with E-state index < -0.39 is 0 Å². The lowest BCUT2D eigenvalue weighted by Gasteiger charge is -2.08. The lowest BCUT2D eigenvalue weighted by Crippen LogP contribution is -2.28. The second-order valence-electron chi connectivity index (χ2n) is 5.92. The van der Waals surface area contributed by atoms with E-state index in [4.69, 9.17) is 4.74 Å². The van der Waals surface area contributed by atoms with Crippen LogP contribution < -0.4 is 5.32 Å².